The van der Waals surface area contributed by atoms with Crippen molar-refractivity contribution in [2.24, 2.45) is 11.5 Å². The summed E-state index contributed by atoms with van der Waals surface area (Å²) in [6.07, 6.45) is 0.333. The maximum absolute atomic E-state index is 4.66. The molecule has 0 aromatic rings. The lowest BCUT2D eigenvalue weighted by Crippen LogP contribution is -2.82. The van der Waals surface area contributed by atoms with Crippen LogP contribution in [0.15, 0.2) is 0 Å². The molecule has 4 nitrogen and oxygen atoms in total. The Bertz CT molecular complexity index is 103. The number of thiocarbonyl (C=S) groups is 2. The van der Waals surface area contributed by atoms with Gasteiger partial charge in [0, 0.05) is 6.92 Å². The van der Waals surface area contributed by atoms with Gasteiger partial charge in [0.05, 0.1) is 0 Å². The number of rotatable bonds is 0. The molecule has 0 aromatic heterocycles. The lowest BCUT2D eigenvalue weighted by molar-refractivity contribution is -0.651. The van der Waals surface area contributed by atoms with E-state index in [1.54, 1.807) is 0 Å². The van der Waals surface area contributed by atoms with Crippen LogP contribution in [-0.4, -0.2) is 14.8 Å². The van der Waals surface area contributed by atoms with Gasteiger partial charge in [-0.15, -0.1) is 0 Å². The van der Waals surface area contributed by atoms with Crippen molar-refractivity contribution in [1.82, 2.24) is 0 Å². The third-order valence-electron chi connectivity index (χ3n) is 0. The van der Waals surface area contributed by atoms with E-state index in [1.165, 1.54) is 0 Å². The summed E-state index contributed by atoms with van der Waals surface area (Å²) < 4.78 is 0.167. The Morgan fingerprint density at radius 3 is 1.17 bits per heavy atom. The monoisotopic (exact) mass is 246 g/mol. The Hall–Kier alpha value is 0.140. The molecule has 0 atom stereocenters. The lowest BCUT2D eigenvalue weighted by atomic mass is 10.7. The standard InChI is InChI=1S/C2H8N2.2CH3NS2/c1-2(3)4;2*2-1(3)4/h2H,3-4H2,1H3;2*(H3,2,3,4). The average Bonchev–Trinajstić information content (AvgIpc) is 1.54. The first-order chi connectivity index (χ1) is 5.20. The molecule has 10 N–H and O–H groups in total. The second kappa shape index (κ2) is 13.7. The largest absolute Gasteiger partial charge is 0.415 e. The van der Waals surface area contributed by atoms with Crippen LogP contribution in [0, 0.1) is 0 Å². The minimum Gasteiger partial charge on any atom is -0.415 e. The molecule has 0 amide bonds. The second-order valence-corrected chi connectivity index (χ2v) is 4.02. The summed E-state index contributed by atoms with van der Waals surface area (Å²) in [6, 6.07) is 0. The van der Waals surface area contributed by atoms with Crippen LogP contribution >= 0.6 is 24.4 Å². The van der Waals surface area contributed by atoms with Gasteiger partial charge >= 0.3 is 0 Å². The number of quaternary nitrogens is 2. The molecule has 0 unspecified atom stereocenters. The van der Waals surface area contributed by atoms with E-state index in [0.717, 1.165) is 0 Å². The second-order valence-electron chi connectivity index (χ2n) is 1.74. The third-order valence-corrected chi connectivity index (χ3v) is 0. The summed E-state index contributed by atoms with van der Waals surface area (Å²) in [5, 5.41) is 0. The van der Waals surface area contributed by atoms with E-state index in [0.29, 0.717) is 6.17 Å². The number of hydrogen-bond acceptors (Lipinski definition) is 4. The van der Waals surface area contributed by atoms with Crippen molar-refractivity contribution in [2.75, 3.05) is 0 Å². The van der Waals surface area contributed by atoms with Crippen LogP contribution in [0.1, 0.15) is 6.92 Å². The minimum absolute atomic E-state index is 0.0833. The van der Waals surface area contributed by atoms with Crippen molar-refractivity contribution >= 4 is 58.3 Å². The van der Waals surface area contributed by atoms with Crippen LogP contribution in [0.25, 0.3) is 0 Å². The Morgan fingerprint density at radius 2 is 1.17 bits per heavy atom. The molecule has 0 saturated heterocycles. The fraction of sp³-hybridized carbons (Fsp3) is 0.500. The molecule has 0 spiro atoms. The van der Waals surface area contributed by atoms with Crippen LogP contribution in [0.4, 0.5) is 0 Å². The van der Waals surface area contributed by atoms with Gasteiger partial charge in [-0.3, -0.25) is 0 Å². The van der Waals surface area contributed by atoms with E-state index in [4.69, 9.17) is 0 Å². The van der Waals surface area contributed by atoms with E-state index in [2.05, 4.69) is 72.6 Å². The van der Waals surface area contributed by atoms with Crippen LogP contribution in [0.5, 0.6) is 0 Å². The first-order valence-corrected chi connectivity index (χ1v) is 4.42. The van der Waals surface area contributed by atoms with Gasteiger partial charge < -0.3 is 72.6 Å². The van der Waals surface area contributed by atoms with Gasteiger partial charge in [0.1, 0.15) is 0 Å². The van der Waals surface area contributed by atoms with Crippen LogP contribution < -0.4 is 22.9 Å². The van der Waals surface area contributed by atoms with Crippen molar-refractivity contribution in [3.63, 3.8) is 0 Å². The highest BCUT2D eigenvalue weighted by Crippen LogP contribution is 1.45. The van der Waals surface area contributed by atoms with Crippen molar-refractivity contribution in [1.29, 1.82) is 0 Å². The van der Waals surface area contributed by atoms with Gasteiger partial charge in [0.25, 0.3) is 0 Å². The Kier molecular flexibility index (Phi) is 20.6. The third kappa shape index (κ3) is 43200. The Balaban J connectivity index is -0.000000101. The maximum atomic E-state index is 4.66. The maximum Gasteiger partial charge on any atom is 0.204 e. The van der Waals surface area contributed by atoms with Crippen molar-refractivity contribution in [3.05, 3.63) is 0 Å². The smallest absolute Gasteiger partial charge is 0.204 e. The van der Waals surface area contributed by atoms with Gasteiger partial charge in [-0.05, 0) is 0 Å². The van der Waals surface area contributed by atoms with Crippen LogP contribution in [0.2, 0.25) is 0 Å². The van der Waals surface area contributed by atoms with E-state index in [-0.39, 0.29) is 8.64 Å². The summed E-state index contributed by atoms with van der Waals surface area (Å²) in [6.45, 7) is 1.94. The molecule has 12 heavy (non-hydrogen) atoms. The first kappa shape index (κ1) is 18.0. The Labute approximate surface area is 94.2 Å². The Morgan fingerprint density at radius 1 is 1.17 bits per heavy atom. The van der Waals surface area contributed by atoms with E-state index in [1.807, 2.05) is 6.92 Å². The van der Waals surface area contributed by atoms with Crippen molar-refractivity contribution < 1.29 is 11.5 Å². The van der Waals surface area contributed by atoms with E-state index < -0.39 is 0 Å². The molecule has 0 heterocycles. The zero-order chi connectivity index (χ0) is 10.7. The summed E-state index contributed by atoms with van der Waals surface area (Å²) in [5.74, 6) is 0. The van der Waals surface area contributed by atoms with Gasteiger partial charge in [0.2, 0.25) is 6.17 Å². The zero-order valence-corrected chi connectivity index (χ0v) is 10.0. The fourth-order valence-corrected chi connectivity index (χ4v) is 0. The summed E-state index contributed by atoms with van der Waals surface area (Å²) in [5.41, 5.74) is 16.4. The molecule has 0 fully saturated rings. The van der Waals surface area contributed by atoms with E-state index in [9.17, 15) is 0 Å². The molecule has 0 aliphatic heterocycles. The van der Waals surface area contributed by atoms with Crippen molar-refractivity contribution in [3.8, 4) is 0 Å². The van der Waals surface area contributed by atoms with Gasteiger partial charge in [0.15, 0.2) is 0 Å². The first-order valence-electron chi connectivity index (χ1n) is 2.79. The SMILES string of the molecule is CC([NH3+])[NH3+].NC(=S)[S-].NC(=S)[S-]. The normalized spacial score (nSPS) is 7.00. The van der Waals surface area contributed by atoms with Crippen molar-refractivity contribution in [2.45, 2.75) is 13.1 Å². The molecule has 74 valence electrons. The highest BCUT2D eigenvalue weighted by atomic mass is 32.1. The zero-order valence-electron chi connectivity index (χ0n) is 6.78. The lowest BCUT2D eigenvalue weighted by Gasteiger charge is -1.83. The molecule has 0 bridgehead atoms. The summed E-state index contributed by atoms with van der Waals surface area (Å²) in [4.78, 5) is 0. The van der Waals surface area contributed by atoms with Crippen LogP contribution in [-0.2, 0) is 25.3 Å². The minimum atomic E-state index is 0.0833. The quantitative estimate of drug-likeness (QED) is 0.212. The van der Waals surface area contributed by atoms with Gasteiger partial charge in [-0.2, -0.15) is 0 Å². The molecule has 0 radical (unpaired) electrons. The van der Waals surface area contributed by atoms with E-state index >= 15 is 0 Å². The number of nitrogens with two attached hydrogens (primary N) is 2. The molecule has 0 aliphatic rings. The molecule has 0 saturated carbocycles. The molecular formula is C4H14N4S4. The average molecular weight is 246 g/mol. The predicted octanol–water partition coefficient (Wildman–Crippen LogP) is -2.63. The summed E-state index contributed by atoms with van der Waals surface area (Å²) in [7, 11) is 0. The highest BCUT2D eigenvalue weighted by Gasteiger charge is 1.76. The summed E-state index contributed by atoms with van der Waals surface area (Å²) >= 11 is 16.5. The molecule has 8 heteroatoms. The molecule has 0 aromatic carbocycles. The van der Waals surface area contributed by atoms with Gasteiger partial charge in [-0.1, -0.05) is 8.64 Å². The molecule has 0 aliphatic carbocycles. The number of hydrogen-bond donors (Lipinski definition) is 4. The highest BCUT2D eigenvalue weighted by molar-refractivity contribution is 8.00. The molecule has 0 rings (SSSR count). The molecular weight excluding hydrogens is 232 g/mol. The fourth-order valence-electron chi connectivity index (χ4n) is 0. The topological polar surface area (TPSA) is 107 Å². The van der Waals surface area contributed by atoms with Crippen LogP contribution in [0.3, 0.4) is 0 Å². The van der Waals surface area contributed by atoms with Gasteiger partial charge in [-0.25, -0.2) is 0 Å². The predicted molar refractivity (Wildman–Crippen MR) is 63.5 cm³/mol.